The Balaban J connectivity index is 1.99. The Morgan fingerprint density at radius 1 is 1.63 bits per heavy atom. The monoisotopic (exact) mass is 264 g/mol. The van der Waals surface area contributed by atoms with Crippen LogP contribution in [0.3, 0.4) is 0 Å². The predicted octanol–water partition coefficient (Wildman–Crippen LogP) is 1.43. The second-order valence-electron chi connectivity index (χ2n) is 5.40. The van der Waals surface area contributed by atoms with Crippen LogP contribution in [-0.4, -0.2) is 32.4 Å². The lowest BCUT2D eigenvalue weighted by Gasteiger charge is -2.25. The summed E-state index contributed by atoms with van der Waals surface area (Å²) >= 11 is 0. The predicted molar refractivity (Wildman–Crippen MR) is 74.3 cm³/mol. The number of nitrogens with zero attached hydrogens (tertiary/aromatic N) is 3. The SMILES string of the molecule is CCCC[C@H](N)C(=O)N(Cc1nccn1C)C1CC1. The fourth-order valence-electron chi connectivity index (χ4n) is 2.23. The molecule has 5 nitrogen and oxygen atoms in total. The van der Waals surface area contributed by atoms with Gasteiger partial charge in [-0.2, -0.15) is 0 Å². The highest BCUT2D eigenvalue weighted by Crippen LogP contribution is 2.28. The molecule has 0 saturated heterocycles. The van der Waals surface area contributed by atoms with Crippen LogP contribution in [0.1, 0.15) is 44.9 Å². The molecule has 0 bridgehead atoms. The lowest BCUT2D eigenvalue weighted by molar-refractivity contribution is -0.134. The van der Waals surface area contributed by atoms with Gasteiger partial charge in [0.15, 0.2) is 0 Å². The van der Waals surface area contributed by atoms with E-state index in [4.69, 9.17) is 5.73 Å². The molecule has 1 atom stereocenters. The zero-order valence-corrected chi connectivity index (χ0v) is 11.9. The number of aromatic nitrogens is 2. The van der Waals surface area contributed by atoms with Gasteiger partial charge in [0.2, 0.25) is 5.91 Å². The van der Waals surface area contributed by atoms with Crippen molar-refractivity contribution in [3.63, 3.8) is 0 Å². The van der Waals surface area contributed by atoms with Gasteiger partial charge in [-0.05, 0) is 19.3 Å². The Morgan fingerprint density at radius 2 is 2.37 bits per heavy atom. The van der Waals surface area contributed by atoms with E-state index < -0.39 is 0 Å². The number of hydrogen-bond donors (Lipinski definition) is 1. The fraction of sp³-hybridized carbons (Fsp3) is 0.714. The maximum absolute atomic E-state index is 12.4. The molecule has 0 unspecified atom stereocenters. The number of carbonyl (C=O) groups excluding carboxylic acids is 1. The number of aryl methyl sites for hydroxylation is 1. The Morgan fingerprint density at radius 3 is 2.89 bits per heavy atom. The number of nitrogens with two attached hydrogens (primary N) is 1. The largest absolute Gasteiger partial charge is 0.337 e. The van der Waals surface area contributed by atoms with E-state index in [1.807, 2.05) is 22.7 Å². The minimum atomic E-state index is -0.360. The second kappa shape index (κ2) is 6.19. The third-order valence-electron chi connectivity index (χ3n) is 3.69. The molecule has 2 N–H and O–H groups in total. The number of rotatable bonds is 7. The van der Waals surface area contributed by atoms with Gasteiger partial charge in [0.1, 0.15) is 5.82 Å². The highest BCUT2D eigenvalue weighted by atomic mass is 16.2. The fourth-order valence-corrected chi connectivity index (χ4v) is 2.23. The van der Waals surface area contributed by atoms with Crippen molar-refractivity contribution >= 4 is 5.91 Å². The van der Waals surface area contributed by atoms with Crippen LogP contribution in [0, 0.1) is 0 Å². The standard InChI is InChI=1S/C14H24N4O/c1-3-4-5-12(15)14(19)18(11-6-7-11)10-13-16-8-9-17(13)2/h8-9,11-12H,3-7,10,15H2,1-2H3/t12-/m0/s1. The first-order chi connectivity index (χ1) is 9.13. The van der Waals surface area contributed by atoms with Crippen molar-refractivity contribution in [2.75, 3.05) is 0 Å². The highest BCUT2D eigenvalue weighted by molar-refractivity contribution is 5.82. The van der Waals surface area contributed by atoms with Crippen LogP contribution >= 0.6 is 0 Å². The zero-order chi connectivity index (χ0) is 13.8. The van der Waals surface area contributed by atoms with Crippen molar-refractivity contribution in [2.45, 2.75) is 57.7 Å². The molecule has 2 rings (SSSR count). The van der Waals surface area contributed by atoms with E-state index in [-0.39, 0.29) is 11.9 Å². The molecule has 1 aliphatic carbocycles. The number of hydrogen-bond acceptors (Lipinski definition) is 3. The average molecular weight is 264 g/mol. The maximum Gasteiger partial charge on any atom is 0.240 e. The third-order valence-corrected chi connectivity index (χ3v) is 3.69. The number of unbranched alkanes of at least 4 members (excludes halogenated alkanes) is 1. The third kappa shape index (κ3) is 3.56. The van der Waals surface area contributed by atoms with E-state index in [0.717, 1.165) is 37.9 Å². The van der Waals surface area contributed by atoms with Gasteiger partial charge in [-0.15, -0.1) is 0 Å². The molecule has 5 heteroatoms. The van der Waals surface area contributed by atoms with Gasteiger partial charge >= 0.3 is 0 Å². The lowest BCUT2D eigenvalue weighted by Crippen LogP contribution is -2.44. The Kier molecular flexibility index (Phi) is 4.58. The molecule has 1 amide bonds. The molecule has 0 spiro atoms. The quantitative estimate of drug-likeness (QED) is 0.810. The summed E-state index contributed by atoms with van der Waals surface area (Å²) in [5.74, 6) is 1.00. The summed E-state index contributed by atoms with van der Waals surface area (Å²) in [5.41, 5.74) is 6.02. The van der Waals surface area contributed by atoms with Gasteiger partial charge in [-0.3, -0.25) is 4.79 Å². The van der Waals surface area contributed by atoms with Crippen molar-refractivity contribution in [3.8, 4) is 0 Å². The minimum absolute atomic E-state index is 0.0824. The van der Waals surface area contributed by atoms with Crippen LogP contribution in [0.25, 0.3) is 0 Å². The molecule has 1 saturated carbocycles. The van der Waals surface area contributed by atoms with Crippen LogP contribution in [0.15, 0.2) is 12.4 Å². The summed E-state index contributed by atoms with van der Waals surface area (Å²) in [6.45, 7) is 2.69. The molecule has 1 aromatic rings. The van der Waals surface area contributed by atoms with Gasteiger partial charge in [0, 0.05) is 25.5 Å². The van der Waals surface area contributed by atoms with Crippen LogP contribution in [0.5, 0.6) is 0 Å². The second-order valence-corrected chi connectivity index (χ2v) is 5.40. The first-order valence-corrected chi connectivity index (χ1v) is 7.15. The van der Waals surface area contributed by atoms with Crippen LogP contribution in [0.2, 0.25) is 0 Å². The number of carbonyl (C=O) groups is 1. The van der Waals surface area contributed by atoms with E-state index in [2.05, 4.69) is 11.9 Å². The zero-order valence-electron chi connectivity index (χ0n) is 11.9. The van der Waals surface area contributed by atoms with Crippen LogP contribution < -0.4 is 5.73 Å². The first-order valence-electron chi connectivity index (χ1n) is 7.15. The maximum atomic E-state index is 12.4. The van der Waals surface area contributed by atoms with Crippen LogP contribution in [0.4, 0.5) is 0 Å². The van der Waals surface area contributed by atoms with Gasteiger partial charge < -0.3 is 15.2 Å². The smallest absolute Gasteiger partial charge is 0.240 e. The Bertz CT molecular complexity index is 425. The molecule has 106 valence electrons. The summed E-state index contributed by atoms with van der Waals surface area (Å²) in [4.78, 5) is 18.6. The van der Waals surface area contributed by atoms with Crippen molar-refractivity contribution in [2.24, 2.45) is 12.8 Å². The summed E-state index contributed by atoms with van der Waals surface area (Å²) in [7, 11) is 1.95. The summed E-state index contributed by atoms with van der Waals surface area (Å²) < 4.78 is 1.96. The first kappa shape index (κ1) is 14.1. The minimum Gasteiger partial charge on any atom is -0.337 e. The van der Waals surface area contributed by atoms with Crippen molar-refractivity contribution < 1.29 is 4.79 Å². The van der Waals surface area contributed by atoms with Gasteiger partial charge in [0.05, 0.1) is 12.6 Å². The normalized spacial score (nSPS) is 16.4. The van der Waals surface area contributed by atoms with Gasteiger partial charge in [-0.25, -0.2) is 4.98 Å². The van der Waals surface area contributed by atoms with Gasteiger partial charge in [-0.1, -0.05) is 19.8 Å². The molecule has 1 aliphatic rings. The molecular weight excluding hydrogens is 240 g/mol. The van der Waals surface area contributed by atoms with Crippen molar-refractivity contribution in [1.29, 1.82) is 0 Å². The Labute approximate surface area is 114 Å². The van der Waals surface area contributed by atoms with E-state index in [1.54, 1.807) is 6.20 Å². The summed E-state index contributed by atoms with van der Waals surface area (Å²) in [5, 5.41) is 0. The molecule has 1 heterocycles. The topological polar surface area (TPSA) is 64.2 Å². The van der Waals surface area contributed by atoms with Gasteiger partial charge in [0.25, 0.3) is 0 Å². The number of imidazole rings is 1. The van der Waals surface area contributed by atoms with E-state index in [1.165, 1.54) is 0 Å². The van der Waals surface area contributed by atoms with E-state index in [9.17, 15) is 4.79 Å². The summed E-state index contributed by atoms with van der Waals surface area (Å²) in [6.07, 6.45) is 8.72. The molecule has 1 fully saturated rings. The van der Waals surface area contributed by atoms with Crippen LogP contribution in [-0.2, 0) is 18.4 Å². The van der Waals surface area contributed by atoms with E-state index >= 15 is 0 Å². The molecule has 1 aromatic heterocycles. The molecule has 0 aliphatic heterocycles. The number of amides is 1. The molecule has 0 radical (unpaired) electrons. The van der Waals surface area contributed by atoms with Crippen molar-refractivity contribution in [3.05, 3.63) is 18.2 Å². The Hall–Kier alpha value is -1.36. The molecule has 0 aromatic carbocycles. The average Bonchev–Trinajstić information content (AvgIpc) is 3.16. The lowest BCUT2D eigenvalue weighted by atomic mass is 10.1. The van der Waals surface area contributed by atoms with Crippen molar-refractivity contribution in [1.82, 2.24) is 14.5 Å². The molecule has 19 heavy (non-hydrogen) atoms. The van der Waals surface area contributed by atoms with E-state index in [0.29, 0.717) is 12.6 Å². The summed E-state index contributed by atoms with van der Waals surface area (Å²) in [6, 6.07) is 0.0118. The molecular formula is C14H24N4O. The highest BCUT2D eigenvalue weighted by Gasteiger charge is 2.35.